The van der Waals surface area contributed by atoms with Gasteiger partial charge in [0.1, 0.15) is 0 Å². The van der Waals surface area contributed by atoms with Gasteiger partial charge in [0, 0.05) is 17.0 Å². The van der Waals surface area contributed by atoms with Crippen molar-refractivity contribution in [3.8, 4) is 0 Å². The highest BCUT2D eigenvalue weighted by Gasteiger charge is 2.15. The Kier molecular flexibility index (Phi) is 6.26. The van der Waals surface area contributed by atoms with Gasteiger partial charge in [0.15, 0.2) is 0 Å². The maximum atomic E-state index is 12.5. The Balaban J connectivity index is 2.24. The summed E-state index contributed by atoms with van der Waals surface area (Å²) < 4.78 is 23.2. The lowest BCUT2D eigenvalue weighted by atomic mass is 10.1. The Bertz CT molecular complexity index is 876. The second-order valence-corrected chi connectivity index (χ2v) is 8.58. The largest absolute Gasteiger partial charge is 0.322 e. The molecule has 7 heteroatoms. The first-order valence-corrected chi connectivity index (χ1v) is 10.5. The van der Waals surface area contributed by atoms with Gasteiger partial charge in [-0.1, -0.05) is 19.1 Å². The summed E-state index contributed by atoms with van der Waals surface area (Å²) in [5, 5.41) is 7.98. The van der Waals surface area contributed by atoms with Crippen LogP contribution in [0, 0.1) is 13.8 Å². The van der Waals surface area contributed by atoms with Crippen LogP contribution in [0.4, 0.5) is 5.69 Å². The highest BCUT2D eigenvalue weighted by atomic mass is 32.2. The molecule has 0 spiro atoms. The van der Waals surface area contributed by atoms with Crippen LogP contribution in [0.1, 0.15) is 34.0 Å². The van der Waals surface area contributed by atoms with Gasteiger partial charge in [-0.25, -0.2) is 13.6 Å². The monoisotopic (exact) mass is 378 g/mol. The minimum atomic E-state index is -3.83. The van der Waals surface area contributed by atoms with Crippen LogP contribution >= 0.6 is 11.8 Å². The third-order valence-corrected chi connectivity index (χ3v) is 5.75. The number of carbonyl (C=O) groups excluding carboxylic acids is 1. The van der Waals surface area contributed by atoms with Crippen LogP contribution in [-0.2, 0) is 15.8 Å². The lowest BCUT2D eigenvalue weighted by Crippen LogP contribution is -2.16. The standard InChI is InChI=1S/C18H22N2O3S2/c1-4-24-11-14-5-7-15(8-6-14)18(21)20-17-10-16(25(19,22)23)9-12(2)13(17)3/h5-10H,4,11H2,1-3H3,(H,20,21)(H2,19,22,23). The Morgan fingerprint density at radius 1 is 1.16 bits per heavy atom. The van der Waals surface area contributed by atoms with Crippen LogP contribution in [0.2, 0.25) is 0 Å². The van der Waals surface area contributed by atoms with Gasteiger partial charge in [-0.15, -0.1) is 0 Å². The molecule has 2 rings (SSSR count). The quantitative estimate of drug-likeness (QED) is 0.805. The van der Waals surface area contributed by atoms with Crippen molar-refractivity contribution >= 4 is 33.4 Å². The molecule has 25 heavy (non-hydrogen) atoms. The molecule has 0 atom stereocenters. The summed E-state index contributed by atoms with van der Waals surface area (Å²) in [4.78, 5) is 12.5. The second kappa shape index (κ2) is 8.03. The molecule has 0 aliphatic rings. The highest BCUT2D eigenvalue weighted by Crippen LogP contribution is 2.24. The molecule has 0 bridgehead atoms. The van der Waals surface area contributed by atoms with Crippen LogP contribution in [0.25, 0.3) is 0 Å². The number of aryl methyl sites for hydroxylation is 1. The molecule has 1 amide bonds. The summed E-state index contributed by atoms with van der Waals surface area (Å²) >= 11 is 1.82. The summed E-state index contributed by atoms with van der Waals surface area (Å²) in [5.74, 6) is 1.66. The third kappa shape index (κ3) is 5.07. The van der Waals surface area contributed by atoms with E-state index in [0.717, 1.165) is 28.2 Å². The molecule has 3 N–H and O–H groups in total. The van der Waals surface area contributed by atoms with E-state index < -0.39 is 10.0 Å². The fraction of sp³-hybridized carbons (Fsp3) is 0.278. The molecular weight excluding hydrogens is 356 g/mol. The molecule has 0 unspecified atom stereocenters. The van der Waals surface area contributed by atoms with Crippen molar-refractivity contribution < 1.29 is 13.2 Å². The molecular formula is C18H22N2O3S2. The molecule has 0 heterocycles. The average molecular weight is 379 g/mol. The molecule has 0 aliphatic carbocycles. The van der Waals surface area contributed by atoms with E-state index in [9.17, 15) is 13.2 Å². The van der Waals surface area contributed by atoms with Gasteiger partial charge < -0.3 is 5.32 Å². The van der Waals surface area contributed by atoms with Crippen molar-refractivity contribution in [1.82, 2.24) is 0 Å². The predicted molar refractivity (Wildman–Crippen MR) is 104 cm³/mol. The normalized spacial score (nSPS) is 11.4. The number of primary sulfonamides is 1. The molecule has 0 radical (unpaired) electrons. The Labute approximate surface area is 153 Å². The second-order valence-electron chi connectivity index (χ2n) is 5.75. The Morgan fingerprint density at radius 2 is 1.80 bits per heavy atom. The van der Waals surface area contributed by atoms with E-state index >= 15 is 0 Å². The van der Waals surface area contributed by atoms with Gasteiger partial charge in [-0.05, 0) is 60.6 Å². The number of sulfonamides is 1. The van der Waals surface area contributed by atoms with E-state index in [1.165, 1.54) is 12.1 Å². The number of thioether (sulfide) groups is 1. The number of hydrogen-bond acceptors (Lipinski definition) is 4. The fourth-order valence-corrected chi connectivity index (χ4v) is 3.54. The van der Waals surface area contributed by atoms with Crippen LogP contribution in [-0.4, -0.2) is 20.1 Å². The van der Waals surface area contributed by atoms with Gasteiger partial charge in [0.2, 0.25) is 10.0 Å². The SMILES string of the molecule is CCSCc1ccc(C(=O)Nc2cc(S(N)(=O)=O)cc(C)c2C)cc1. The van der Waals surface area contributed by atoms with Gasteiger partial charge in [0.05, 0.1) is 4.90 Å². The maximum Gasteiger partial charge on any atom is 0.255 e. The molecule has 0 aromatic heterocycles. The van der Waals surface area contributed by atoms with Crippen LogP contribution in [0.5, 0.6) is 0 Å². The first kappa shape index (κ1) is 19.5. The molecule has 2 aromatic carbocycles. The minimum Gasteiger partial charge on any atom is -0.322 e. The summed E-state index contributed by atoms with van der Waals surface area (Å²) in [6.07, 6.45) is 0. The number of hydrogen-bond donors (Lipinski definition) is 2. The zero-order valence-electron chi connectivity index (χ0n) is 14.5. The smallest absolute Gasteiger partial charge is 0.255 e. The summed E-state index contributed by atoms with van der Waals surface area (Å²) in [7, 11) is -3.83. The Hall–Kier alpha value is -1.83. The summed E-state index contributed by atoms with van der Waals surface area (Å²) in [6.45, 7) is 5.70. The molecule has 0 fully saturated rings. The molecule has 0 saturated carbocycles. The van der Waals surface area contributed by atoms with Crippen molar-refractivity contribution in [3.05, 3.63) is 58.7 Å². The number of carbonyl (C=O) groups is 1. The van der Waals surface area contributed by atoms with E-state index in [1.54, 1.807) is 19.1 Å². The number of rotatable bonds is 6. The van der Waals surface area contributed by atoms with E-state index in [4.69, 9.17) is 5.14 Å². The van der Waals surface area contributed by atoms with E-state index in [-0.39, 0.29) is 10.8 Å². The molecule has 0 aliphatic heterocycles. The molecule has 2 aromatic rings. The summed E-state index contributed by atoms with van der Waals surface area (Å²) in [6, 6.07) is 10.3. The third-order valence-electron chi connectivity index (χ3n) is 3.91. The van der Waals surface area contributed by atoms with Crippen LogP contribution in [0.3, 0.4) is 0 Å². The van der Waals surface area contributed by atoms with Crippen molar-refractivity contribution in [2.24, 2.45) is 5.14 Å². The van der Waals surface area contributed by atoms with Crippen molar-refractivity contribution in [2.45, 2.75) is 31.4 Å². The first-order valence-electron chi connectivity index (χ1n) is 7.84. The highest BCUT2D eigenvalue weighted by molar-refractivity contribution is 7.98. The topological polar surface area (TPSA) is 89.3 Å². The predicted octanol–water partition coefficient (Wildman–Crippen LogP) is 3.46. The van der Waals surface area contributed by atoms with Gasteiger partial charge >= 0.3 is 0 Å². The van der Waals surface area contributed by atoms with Gasteiger partial charge in [0.25, 0.3) is 5.91 Å². The number of anilines is 1. The Morgan fingerprint density at radius 3 is 2.36 bits per heavy atom. The molecule has 134 valence electrons. The van der Waals surface area contributed by atoms with Crippen molar-refractivity contribution in [2.75, 3.05) is 11.1 Å². The van der Waals surface area contributed by atoms with E-state index in [2.05, 4.69) is 12.2 Å². The van der Waals surface area contributed by atoms with Crippen molar-refractivity contribution in [1.29, 1.82) is 0 Å². The number of amides is 1. The average Bonchev–Trinajstić information content (AvgIpc) is 2.56. The molecule has 5 nitrogen and oxygen atoms in total. The molecule has 0 saturated heterocycles. The van der Waals surface area contributed by atoms with Crippen LogP contribution in [0.15, 0.2) is 41.3 Å². The first-order chi connectivity index (χ1) is 11.7. The number of nitrogens with two attached hydrogens (primary N) is 1. The van der Waals surface area contributed by atoms with E-state index in [0.29, 0.717) is 11.3 Å². The minimum absolute atomic E-state index is 0.0159. The maximum absolute atomic E-state index is 12.5. The van der Waals surface area contributed by atoms with Crippen molar-refractivity contribution in [3.63, 3.8) is 0 Å². The van der Waals surface area contributed by atoms with Gasteiger partial charge in [-0.3, -0.25) is 4.79 Å². The van der Waals surface area contributed by atoms with Gasteiger partial charge in [-0.2, -0.15) is 11.8 Å². The summed E-state index contributed by atoms with van der Waals surface area (Å²) in [5.41, 5.74) is 3.67. The van der Waals surface area contributed by atoms with E-state index in [1.807, 2.05) is 30.8 Å². The lowest BCUT2D eigenvalue weighted by Gasteiger charge is -2.13. The number of nitrogens with one attached hydrogen (secondary N) is 1. The zero-order valence-corrected chi connectivity index (χ0v) is 16.1. The zero-order chi connectivity index (χ0) is 18.6. The fourth-order valence-electron chi connectivity index (χ4n) is 2.29. The van der Waals surface area contributed by atoms with Crippen LogP contribution < -0.4 is 10.5 Å². The lowest BCUT2D eigenvalue weighted by molar-refractivity contribution is 0.102. The number of benzene rings is 2.